The van der Waals surface area contributed by atoms with Gasteiger partial charge in [-0.05, 0) is 18.2 Å². The van der Waals surface area contributed by atoms with Gasteiger partial charge in [0.1, 0.15) is 5.82 Å². The second-order valence-electron chi connectivity index (χ2n) is 5.06. The maximum atomic E-state index is 12.0. The molecule has 1 heterocycles. The number of carbonyl (C=O) groups is 2. The van der Waals surface area contributed by atoms with E-state index in [4.69, 9.17) is 11.5 Å². The number of nitrogens with one attached hydrogen (secondary N) is 2. The maximum absolute atomic E-state index is 12.0. The molecular weight excluding hydrogens is 310 g/mol. The summed E-state index contributed by atoms with van der Waals surface area (Å²) in [5.41, 5.74) is 14.5. The lowest BCUT2D eigenvalue weighted by Gasteiger charge is -2.15. The number of anilines is 2. The minimum Gasteiger partial charge on any atom is -0.365 e. The number of fused-ring (bicyclic) bond motifs is 1. The number of nitrogens with two attached hydrogens (primary N) is 2. The highest BCUT2D eigenvalue weighted by Crippen LogP contribution is 2.35. The Hall–Kier alpha value is -3.52. The molecule has 0 unspecified atom stereocenters. The number of primary amides is 2. The average Bonchev–Trinajstić information content (AvgIpc) is 2.87. The van der Waals surface area contributed by atoms with E-state index in [9.17, 15) is 14.8 Å². The van der Waals surface area contributed by atoms with Gasteiger partial charge in [-0.15, -0.1) is 0 Å². The number of urea groups is 1. The topological polar surface area (TPSA) is 135 Å². The van der Waals surface area contributed by atoms with E-state index in [1.165, 1.54) is 0 Å². The van der Waals surface area contributed by atoms with Gasteiger partial charge < -0.3 is 11.5 Å². The van der Waals surface area contributed by atoms with Crippen LogP contribution in [0.4, 0.5) is 16.3 Å². The van der Waals surface area contributed by atoms with Crippen molar-refractivity contribution >= 4 is 34.3 Å². The van der Waals surface area contributed by atoms with Crippen molar-refractivity contribution in [1.29, 1.82) is 0 Å². The molecule has 0 spiro atoms. The van der Waals surface area contributed by atoms with Crippen molar-refractivity contribution in [2.75, 3.05) is 10.8 Å². The van der Waals surface area contributed by atoms with E-state index in [0.29, 0.717) is 22.3 Å². The van der Waals surface area contributed by atoms with Crippen LogP contribution in [0.2, 0.25) is 0 Å². The molecule has 0 saturated heterocycles. The number of hydrogen-bond acceptors (Lipinski definition) is 4. The minimum absolute atomic E-state index is 0.136. The zero-order valence-corrected chi connectivity index (χ0v) is 12.5. The molecule has 8 heteroatoms. The van der Waals surface area contributed by atoms with Crippen LogP contribution in [0.1, 0.15) is 10.4 Å². The number of para-hydroxylation sites is 3. The molecule has 0 fully saturated rings. The van der Waals surface area contributed by atoms with E-state index in [2.05, 4.69) is 10.8 Å². The van der Waals surface area contributed by atoms with Crippen molar-refractivity contribution in [3.8, 4) is 5.69 Å². The molecule has 0 aliphatic carbocycles. The third-order valence-electron chi connectivity index (χ3n) is 3.63. The summed E-state index contributed by atoms with van der Waals surface area (Å²) in [6.45, 7) is 0. The first kappa shape index (κ1) is 15.4. The van der Waals surface area contributed by atoms with Crippen LogP contribution in [0, 0.1) is 0 Å². The van der Waals surface area contributed by atoms with Gasteiger partial charge in [0.15, 0.2) is 0 Å². The van der Waals surface area contributed by atoms with Crippen LogP contribution in [0.25, 0.3) is 16.6 Å². The zero-order valence-electron chi connectivity index (χ0n) is 12.5. The van der Waals surface area contributed by atoms with E-state index < -0.39 is 11.9 Å². The Bertz CT molecular complexity index is 948. The summed E-state index contributed by atoms with van der Waals surface area (Å²) in [4.78, 5) is 23.4. The molecule has 0 radical (unpaired) electrons. The van der Waals surface area contributed by atoms with Gasteiger partial charge in [0.05, 0.1) is 22.5 Å². The smallest absolute Gasteiger partial charge is 0.317 e. The Labute approximate surface area is 136 Å². The van der Waals surface area contributed by atoms with Gasteiger partial charge >= 0.3 is 6.03 Å². The van der Waals surface area contributed by atoms with Crippen LogP contribution in [0.15, 0.2) is 48.5 Å². The van der Waals surface area contributed by atoms with E-state index >= 15 is 0 Å². The molecule has 122 valence electrons. The number of hydrogen-bond donors (Lipinski definition) is 5. The zero-order chi connectivity index (χ0) is 17.3. The summed E-state index contributed by atoms with van der Waals surface area (Å²) in [7, 11) is 0. The molecule has 1 aromatic heterocycles. The van der Waals surface area contributed by atoms with Crippen molar-refractivity contribution in [3.63, 3.8) is 0 Å². The van der Waals surface area contributed by atoms with Gasteiger partial charge in [-0.1, -0.05) is 30.3 Å². The predicted octanol–water partition coefficient (Wildman–Crippen LogP) is 2.02. The van der Waals surface area contributed by atoms with Crippen molar-refractivity contribution in [2.45, 2.75) is 0 Å². The number of nitrogens with zero attached hydrogens (tertiary/aromatic N) is 1. The Kier molecular flexibility index (Phi) is 3.80. The van der Waals surface area contributed by atoms with Crippen molar-refractivity contribution in [3.05, 3.63) is 54.1 Å². The van der Waals surface area contributed by atoms with Crippen molar-refractivity contribution in [1.82, 2.24) is 4.57 Å². The summed E-state index contributed by atoms with van der Waals surface area (Å²) >= 11 is 0. The van der Waals surface area contributed by atoms with Crippen molar-refractivity contribution < 1.29 is 14.8 Å². The Morgan fingerprint density at radius 1 is 1.00 bits per heavy atom. The molecule has 8 nitrogen and oxygen atoms in total. The van der Waals surface area contributed by atoms with Crippen LogP contribution >= 0.6 is 0 Å². The van der Waals surface area contributed by atoms with Crippen LogP contribution in [-0.2, 0) is 0 Å². The molecular formula is C16H15N5O3. The van der Waals surface area contributed by atoms with Crippen LogP contribution in [0.3, 0.4) is 0 Å². The standard InChI is InChI=1S/C16H15N5O3/c17-14(22)13-9-5-1-3-7-11(9)21(15(13)19-16(18)23)12-8-4-2-6-10(12)20-24/h1-8,20,24H,(H2,17,22)(H3,18,19,23). The van der Waals surface area contributed by atoms with Gasteiger partial charge in [0.25, 0.3) is 5.91 Å². The fourth-order valence-corrected chi connectivity index (χ4v) is 2.74. The third-order valence-corrected chi connectivity index (χ3v) is 3.63. The van der Waals surface area contributed by atoms with E-state index in [1.54, 1.807) is 53.1 Å². The van der Waals surface area contributed by atoms with Crippen LogP contribution in [-0.4, -0.2) is 21.7 Å². The second-order valence-corrected chi connectivity index (χ2v) is 5.06. The number of benzene rings is 2. The van der Waals surface area contributed by atoms with Crippen molar-refractivity contribution in [2.24, 2.45) is 11.5 Å². The normalized spacial score (nSPS) is 10.5. The molecule has 3 rings (SSSR count). The molecule has 0 bridgehead atoms. The molecule has 0 aliphatic rings. The molecule has 3 amide bonds. The molecule has 24 heavy (non-hydrogen) atoms. The number of amides is 3. The number of carbonyl (C=O) groups excluding carboxylic acids is 2. The summed E-state index contributed by atoms with van der Waals surface area (Å²) in [5, 5.41) is 12.4. The monoisotopic (exact) mass is 325 g/mol. The highest BCUT2D eigenvalue weighted by molar-refractivity contribution is 6.14. The van der Waals surface area contributed by atoms with Gasteiger partial charge in [-0.3, -0.25) is 25.4 Å². The molecule has 7 N–H and O–H groups in total. The Morgan fingerprint density at radius 3 is 2.33 bits per heavy atom. The molecule has 2 aromatic carbocycles. The fraction of sp³-hybridized carbons (Fsp3) is 0. The van der Waals surface area contributed by atoms with Crippen LogP contribution < -0.4 is 22.3 Å². The first-order valence-corrected chi connectivity index (χ1v) is 7.03. The van der Waals surface area contributed by atoms with Gasteiger partial charge in [-0.2, -0.15) is 0 Å². The molecule has 0 aliphatic heterocycles. The molecule has 0 atom stereocenters. The highest BCUT2D eigenvalue weighted by atomic mass is 16.5. The number of rotatable bonds is 4. The van der Waals surface area contributed by atoms with Gasteiger partial charge in [0, 0.05) is 5.39 Å². The predicted molar refractivity (Wildman–Crippen MR) is 90.4 cm³/mol. The average molecular weight is 325 g/mol. The number of aromatic nitrogens is 1. The lowest BCUT2D eigenvalue weighted by atomic mass is 10.1. The maximum Gasteiger partial charge on any atom is 0.317 e. The van der Waals surface area contributed by atoms with E-state index in [-0.39, 0.29) is 11.4 Å². The molecule has 3 aromatic rings. The summed E-state index contributed by atoms with van der Waals surface area (Å²) in [5.74, 6) is -0.568. The largest absolute Gasteiger partial charge is 0.365 e. The second kappa shape index (κ2) is 5.94. The lowest BCUT2D eigenvalue weighted by Crippen LogP contribution is -2.24. The first-order valence-electron chi connectivity index (χ1n) is 7.03. The lowest BCUT2D eigenvalue weighted by molar-refractivity contribution is 0.100. The van der Waals surface area contributed by atoms with E-state index in [1.807, 2.05) is 0 Å². The third kappa shape index (κ3) is 2.40. The summed E-state index contributed by atoms with van der Waals surface area (Å²) in [6, 6.07) is 13.0. The Balaban J connectivity index is 2.45. The molecule has 0 saturated carbocycles. The Morgan fingerprint density at radius 2 is 1.67 bits per heavy atom. The first-order chi connectivity index (χ1) is 11.5. The van der Waals surface area contributed by atoms with Gasteiger partial charge in [0.2, 0.25) is 0 Å². The van der Waals surface area contributed by atoms with E-state index in [0.717, 1.165) is 0 Å². The SMILES string of the molecule is NC(=O)Nc1c(C(N)=O)c2ccccc2n1-c1ccccc1NO. The quantitative estimate of drug-likeness (QED) is 0.469. The summed E-state index contributed by atoms with van der Waals surface area (Å²) in [6.07, 6.45) is 0. The van der Waals surface area contributed by atoms with Gasteiger partial charge in [-0.25, -0.2) is 4.79 Å². The fourth-order valence-electron chi connectivity index (χ4n) is 2.74. The van der Waals surface area contributed by atoms with Crippen LogP contribution in [0.5, 0.6) is 0 Å². The minimum atomic E-state index is -0.837. The highest BCUT2D eigenvalue weighted by Gasteiger charge is 2.23. The summed E-state index contributed by atoms with van der Waals surface area (Å²) < 4.78 is 1.60.